The molecule has 3 rings (SSSR count). The zero-order chi connectivity index (χ0) is 12.6. The first-order valence-electron chi connectivity index (χ1n) is 7.15. The molecular weight excluding hydrogens is 232 g/mol. The van der Waals surface area contributed by atoms with E-state index in [1.165, 1.54) is 0 Å². The number of rotatable bonds is 2. The predicted octanol–water partition coefficient (Wildman–Crippen LogP) is 2.07. The lowest BCUT2D eigenvalue weighted by molar-refractivity contribution is -0.146. The van der Waals surface area contributed by atoms with E-state index >= 15 is 0 Å². The van der Waals surface area contributed by atoms with Crippen molar-refractivity contribution in [3.63, 3.8) is 0 Å². The van der Waals surface area contributed by atoms with Crippen LogP contribution >= 0.6 is 0 Å². The van der Waals surface area contributed by atoms with Crippen LogP contribution in [0.1, 0.15) is 38.5 Å². The van der Waals surface area contributed by atoms with Gasteiger partial charge in [0.2, 0.25) is 0 Å². The van der Waals surface area contributed by atoms with Gasteiger partial charge in [-0.05, 0) is 37.5 Å². The van der Waals surface area contributed by atoms with Gasteiger partial charge in [0.25, 0.3) is 0 Å². The minimum absolute atomic E-state index is 0.0887. The van der Waals surface area contributed by atoms with E-state index in [2.05, 4.69) is 0 Å². The Morgan fingerprint density at radius 1 is 1.22 bits per heavy atom. The molecule has 0 radical (unpaired) electrons. The first-order valence-corrected chi connectivity index (χ1v) is 7.15. The molecule has 4 nitrogen and oxygen atoms in total. The third-order valence-corrected chi connectivity index (χ3v) is 5.09. The number of carboxylic acid groups (broad SMARTS) is 1. The van der Waals surface area contributed by atoms with E-state index in [4.69, 9.17) is 9.47 Å². The number of carboxylic acids is 1. The fraction of sp³-hybridized carbons (Fsp3) is 0.929. The van der Waals surface area contributed by atoms with Gasteiger partial charge in [-0.1, -0.05) is 6.42 Å². The van der Waals surface area contributed by atoms with E-state index < -0.39 is 5.97 Å². The molecule has 2 heterocycles. The van der Waals surface area contributed by atoms with Gasteiger partial charge in [-0.2, -0.15) is 0 Å². The number of ether oxygens (including phenoxy) is 2. The Kier molecular flexibility index (Phi) is 3.32. The van der Waals surface area contributed by atoms with Crippen LogP contribution in [-0.4, -0.2) is 36.5 Å². The summed E-state index contributed by atoms with van der Waals surface area (Å²) in [6, 6.07) is 0. The summed E-state index contributed by atoms with van der Waals surface area (Å²) < 4.78 is 11.4. The highest BCUT2D eigenvalue weighted by Crippen LogP contribution is 2.46. The monoisotopic (exact) mass is 254 g/mol. The third-order valence-electron chi connectivity index (χ3n) is 5.09. The maximum Gasteiger partial charge on any atom is 0.306 e. The van der Waals surface area contributed by atoms with Crippen LogP contribution in [0.5, 0.6) is 0 Å². The zero-order valence-electron chi connectivity index (χ0n) is 10.8. The maximum atomic E-state index is 11.3. The van der Waals surface area contributed by atoms with E-state index in [1.807, 2.05) is 0 Å². The molecule has 3 fully saturated rings. The van der Waals surface area contributed by atoms with Gasteiger partial charge >= 0.3 is 5.97 Å². The Labute approximate surface area is 108 Å². The van der Waals surface area contributed by atoms with Gasteiger partial charge in [-0.15, -0.1) is 0 Å². The van der Waals surface area contributed by atoms with Crippen molar-refractivity contribution in [2.45, 2.75) is 44.1 Å². The Balaban J connectivity index is 1.70. The van der Waals surface area contributed by atoms with E-state index in [-0.39, 0.29) is 11.5 Å². The van der Waals surface area contributed by atoms with Crippen LogP contribution in [0, 0.1) is 17.8 Å². The van der Waals surface area contributed by atoms with Crippen LogP contribution in [0.2, 0.25) is 0 Å². The van der Waals surface area contributed by atoms with Crippen molar-refractivity contribution in [3.8, 4) is 0 Å². The normalized spacial score (nSPS) is 44.6. The summed E-state index contributed by atoms with van der Waals surface area (Å²) in [6.45, 7) is 2.27. The number of aliphatic carboxylic acids is 1. The molecule has 0 aromatic carbocycles. The number of carbonyl (C=O) groups is 1. The van der Waals surface area contributed by atoms with Crippen LogP contribution in [0.15, 0.2) is 0 Å². The molecule has 1 spiro atoms. The highest BCUT2D eigenvalue weighted by Gasteiger charge is 2.46. The molecule has 3 aliphatic rings. The van der Waals surface area contributed by atoms with Crippen LogP contribution in [0.3, 0.4) is 0 Å². The second-order valence-corrected chi connectivity index (χ2v) is 6.13. The smallest absolute Gasteiger partial charge is 0.306 e. The minimum Gasteiger partial charge on any atom is -0.481 e. The lowest BCUT2D eigenvalue weighted by atomic mass is 9.74. The molecule has 102 valence electrons. The Morgan fingerprint density at radius 3 is 2.83 bits per heavy atom. The minimum atomic E-state index is -0.597. The third kappa shape index (κ3) is 2.16. The second kappa shape index (κ2) is 4.82. The summed E-state index contributed by atoms with van der Waals surface area (Å²) in [5, 5.41) is 9.32. The SMILES string of the molecule is O=C(O)C1CCCC1C1CCOC2(CCOC2)C1. The molecule has 0 aromatic heterocycles. The van der Waals surface area contributed by atoms with Crippen LogP contribution in [0.4, 0.5) is 0 Å². The van der Waals surface area contributed by atoms with E-state index in [0.29, 0.717) is 18.4 Å². The fourth-order valence-corrected chi connectivity index (χ4v) is 4.15. The Hall–Kier alpha value is -0.610. The molecule has 18 heavy (non-hydrogen) atoms. The van der Waals surface area contributed by atoms with Gasteiger partial charge in [-0.3, -0.25) is 4.79 Å². The van der Waals surface area contributed by atoms with Crippen molar-refractivity contribution in [1.82, 2.24) is 0 Å². The van der Waals surface area contributed by atoms with E-state index in [1.54, 1.807) is 0 Å². The highest BCUT2D eigenvalue weighted by molar-refractivity contribution is 5.70. The molecule has 4 atom stereocenters. The summed E-state index contributed by atoms with van der Waals surface area (Å²) >= 11 is 0. The number of hydrogen-bond acceptors (Lipinski definition) is 3. The molecule has 1 N–H and O–H groups in total. The molecule has 2 saturated heterocycles. The van der Waals surface area contributed by atoms with Gasteiger partial charge in [0.05, 0.1) is 18.1 Å². The topological polar surface area (TPSA) is 55.8 Å². The summed E-state index contributed by atoms with van der Waals surface area (Å²) in [4.78, 5) is 11.3. The van der Waals surface area contributed by atoms with Crippen molar-refractivity contribution in [1.29, 1.82) is 0 Å². The van der Waals surface area contributed by atoms with Crippen molar-refractivity contribution >= 4 is 5.97 Å². The highest BCUT2D eigenvalue weighted by atomic mass is 16.6. The largest absolute Gasteiger partial charge is 0.481 e. The first-order chi connectivity index (χ1) is 8.70. The summed E-state index contributed by atoms with van der Waals surface area (Å²) in [5.74, 6) is 0.168. The van der Waals surface area contributed by atoms with Crippen LogP contribution < -0.4 is 0 Å². The lowest BCUT2D eigenvalue weighted by Crippen LogP contribution is -2.43. The van der Waals surface area contributed by atoms with Crippen molar-refractivity contribution < 1.29 is 19.4 Å². The summed E-state index contributed by atoms with van der Waals surface area (Å²) in [7, 11) is 0. The van der Waals surface area contributed by atoms with E-state index in [0.717, 1.165) is 51.7 Å². The molecule has 2 aliphatic heterocycles. The quantitative estimate of drug-likeness (QED) is 0.819. The van der Waals surface area contributed by atoms with Gasteiger partial charge in [-0.25, -0.2) is 0 Å². The molecule has 0 bridgehead atoms. The van der Waals surface area contributed by atoms with Crippen LogP contribution in [0.25, 0.3) is 0 Å². The van der Waals surface area contributed by atoms with Gasteiger partial charge in [0.1, 0.15) is 0 Å². The molecule has 1 saturated carbocycles. The van der Waals surface area contributed by atoms with Gasteiger partial charge in [0, 0.05) is 19.6 Å². The first kappa shape index (κ1) is 12.4. The molecule has 4 heteroatoms. The van der Waals surface area contributed by atoms with E-state index in [9.17, 15) is 9.90 Å². The summed E-state index contributed by atoms with van der Waals surface area (Å²) in [6.07, 6.45) is 6.02. The maximum absolute atomic E-state index is 11.3. The van der Waals surface area contributed by atoms with Gasteiger partial charge < -0.3 is 14.6 Å². The molecule has 4 unspecified atom stereocenters. The molecule has 1 aliphatic carbocycles. The van der Waals surface area contributed by atoms with Crippen molar-refractivity contribution in [2.24, 2.45) is 17.8 Å². The molecular formula is C14H22O4. The molecule has 0 amide bonds. The second-order valence-electron chi connectivity index (χ2n) is 6.13. The average molecular weight is 254 g/mol. The average Bonchev–Trinajstić information content (AvgIpc) is 2.98. The van der Waals surface area contributed by atoms with Crippen molar-refractivity contribution in [2.75, 3.05) is 19.8 Å². The zero-order valence-corrected chi connectivity index (χ0v) is 10.8. The van der Waals surface area contributed by atoms with Crippen LogP contribution in [-0.2, 0) is 14.3 Å². The predicted molar refractivity (Wildman–Crippen MR) is 65.3 cm³/mol. The Bertz CT molecular complexity index is 322. The fourth-order valence-electron chi connectivity index (χ4n) is 4.15. The van der Waals surface area contributed by atoms with Crippen molar-refractivity contribution in [3.05, 3.63) is 0 Å². The summed E-state index contributed by atoms with van der Waals surface area (Å²) in [5.41, 5.74) is -0.0887. The lowest BCUT2D eigenvalue weighted by Gasteiger charge is -2.40. The standard InChI is InChI=1S/C14H22O4/c15-13(16)12-3-1-2-11(12)10-4-6-18-14(8-10)5-7-17-9-14/h10-12H,1-9H2,(H,15,16). The Morgan fingerprint density at radius 2 is 2.11 bits per heavy atom. The van der Waals surface area contributed by atoms with Gasteiger partial charge in [0.15, 0.2) is 0 Å². The molecule has 0 aromatic rings. The number of hydrogen-bond donors (Lipinski definition) is 1.